The average Bonchev–Trinajstić information content (AvgIpc) is 2.30. The molecule has 2 unspecified atom stereocenters. The number of nitrogens with zero attached hydrogens (tertiary/aromatic N) is 1. The van der Waals surface area contributed by atoms with E-state index in [1.165, 1.54) is 0 Å². The summed E-state index contributed by atoms with van der Waals surface area (Å²) >= 11 is 0. The van der Waals surface area contributed by atoms with E-state index in [1.54, 1.807) is 0 Å². The maximum absolute atomic E-state index is 12.1. The molecule has 1 saturated heterocycles. The third kappa shape index (κ3) is 4.78. The van der Waals surface area contributed by atoms with Crippen molar-refractivity contribution in [1.29, 1.82) is 0 Å². The van der Waals surface area contributed by atoms with Crippen LogP contribution in [0, 0.1) is 6.92 Å². The van der Waals surface area contributed by atoms with Crippen LogP contribution in [0.5, 0.6) is 0 Å². The largest absolute Gasteiger partial charge is 0.325 e. The summed E-state index contributed by atoms with van der Waals surface area (Å²) in [5.74, 6) is 0.0654. The van der Waals surface area contributed by atoms with Crippen molar-refractivity contribution in [2.75, 3.05) is 25.0 Å². The first-order chi connectivity index (χ1) is 9.04. The van der Waals surface area contributed by atoms with Gasteiger partial charge in [-0.2, -0.15) is 0 Å². The molecule has 112 valence electrons. The molecule has 1 aliphatic rings. The number of aryl methyl sites for hydroxylation is 1. The van der Waals surface area contributed by atoms with E-state index in [2.05, 4.69) is 29.4 Å². The van der Waals surface area contributed by atoms with Gasteiger partial charge in [0, 0.05) is 30.9 Å². The molecule has 1 aromatic rings. The third-order valence-corrected chi connectivity index (χ3v) is 3.42. The number of amides is 1. The first kappa shape index (κ1) is 17.0. The molecule has 2 atom stereocenters. The topological polar surface area (TPSA) is 44.4 Å². The number of rotatable bonds is 3. The molecule has 0 aliphatic carbocycles. The summed E-state index contributed by atoms with van der Waals surface area (Å²) in [4.78, 5) is 14.3. The van der Waals surface area contributed by atoms with Gasteiger partial charge in [-0.25, -0.2) is 0 Å². The minimum absolute atomic E-state index is 0. The second kappa shape index (κ2) is 7.62. The lowest BCUT2D eigenvalue weighted by atomic mass is 10.1. The lowest BCUT2D eigenvalue weighted by Crippen LogP contribution is -2.55. The van der Waals surface area contributed by atoms with E-state index in [4.69, 9.17) is 0 Å². The fourth-order valence-corrected chi connectivity index (χ4v) is 2.68. The van der Waals surface area contributed by atoms with Crippen LogP contribution in [0.3, 0.4) is 0 Å². The number of carbonyl (C=O) groups is 1. The Bertz CT molecular complexity index is 442. The van der Waals surface area contributed by atoms with E-state index in [1.807, 2.05) is 31.2 Å². The summed E-state index contributed by atoms with van der Waals surface area (Å²) in [7, 11) is 0. The van der Waals surface area contributed by atoms with Crippen molar-refractivity contribution in [2.24, 2.45) is 0 Å². The zero-order valence-electron chi connectivity index (χ0n) is 12.3. The van der Waals surface area contributed by atoms with Crippen LogP contribution in [-0.2, 0) is 4.79 Å². The SMILES string of the molecule is Cc1ccccc1NC(=O)CN1CC(C)NC(C)C1.Cl. The van der Waals surface area contributed by atoms with Crippen LogP contribution in [0.1, 0.15) is 19.4 Å². The van der Waals surface area contributed by atoms with Crippen LogP contribution in [-0.4, -0.2) is 42.5 Å². The van der Waals surface area contributed by atoms with Gasteiger partial charge in [-0.1, -0.05) is 18.2 Å². The van der Waals surface area contributed by atoms with Crippen molar-refractivity contribution in [1.82, 2.24) is 10.2 Å². The smallest absolute Gasteiger partial charge is 0.238 e. The Balaban J connectivity index is 0.00000200. The summed E-state index contributed by atoms with van der Waals surface area (Å²) < 4.78 is 0. The number of hydrogen-bond acceptors (Lipinski definition) is 3. The van der Waals surface area contributed by atoms with Crippen LogP contribution in [0.4, 0.5) is 5.69 Å². The highest BCUT2D eigenvalue weighted by Gasteiger charge is 2.22. The number of halogens is 1. The molecule has 1 heterocycles. The van der Waals surface area contributed by atoms with Gasteiger partial charge in [0.05, 0.1) is 6.54 Å². The standard InChI is InChI=1S/C15H23N3O.ClH/c1-11-6-4-5-7-14(11)17-15(19)10-18-8-12(2)16-13(3)9-18;/h4-7,12-13,16H,8-10H2,1-3H3,(H,17,19);1H. The first-order valence-electron chi connectivity index (χ1n) is 6.88. The number of piperazine rings is 1. The Labute approximate surface area is 127 Å². The molecule has 0 bridgehead atoms. The molecule has 0 aromatic heterocycles. The predicted octanol–water partition coefficient (Wildman–Crippen LogP) is 2.04. The van der Waals surface area contributed by atoms with Crippen molar-refractivity contribution in [2.45, 2.75) is 32.9 Å². The fourth-order valence-electron chi connectivity index (χ4n) is 2.68. The number of benzene rings is 1. The Morgan fingerprint density at radius 1 is 1.30 bits per heavy atom. The number of hydrogen-bond donors (Lipinski definition) is 2. The van der Waals surface area contributed by atoms with Gasteiger partial charge < -0.3 is 10.6 Å². The fraction of sp³-hybridized carbons (Fsp3) is 0.533. The summed E-state index contributed by atoms with van der Waals surface area (Å²) in [5, 5.41) is 6.45. The molecule has 1 aromatic carbocycles. The molecule has 1 fully saturated rings. The maximum atomic E-state index is 12.1. The highest BCUT2D eigenvalue weighted by Crippen LogP contribution is 2.13. The number of carbonyl (C=O) groups excluding carboxylic acids is 1. The van der Waals surface area contributed by atoms with E-state index in [9.17, 15) is 4.79 Å². The zero-order valence-corrected chi connectivity index (χ0v) is 13.2. The summed E-state index contributed by atoms with van der Waals surface area (Å²) in [6, 6.07) is 8.74. The lowest BCUT2D eigenvalue weighted by Gasteiger charge is -2.35. The highest BCUT2D eigenvalue weighted by molar-refractivity contribution is 5.92. The summed E-state index contributed by atoms with van der Waals surface area (Å²) in [6.45, 7) is 8.62. The first-order valence-corrected chi connectivity index (χ1v) is 6.88. The second-order valence-electron chi connectivity index (χ2n) is 5.53. The highest BCUT2D eigenvalue weighted by atomic mass is 35.5. The van der Waals surface area contributed by atoms with Gasteiger partial charge in [-0.3, -0.25) is 9.69 Å². The summed E-state index contributed by atoms with van der Waals surface area (Å²) in [5.41, 5.74) is 2.00. The molecule has 4 nitrogen and oxygen atoms in total. The van der Waals surface area contributed by atoms with Crippen molar-refractivity contribution in [3.05, 3.63) is 29.8 Å². The minimum atomic E-state index is 0. The molecule has 2 rings (SSSR count). The van der Waals surface area contributed by atoms with E-state index in [0.717, 1.165) is 24.3 Å². The molecule has 1 aliphatic heterocycles. The van der Waals surface area contributed by atoms with Crippen molar-refractivity contribution < 1.29 is 4.79 Å². The van der Waals surface area contributed by atoms with Crippen molar-refractivity contribution in [3.63, 3.8) is 0 Å². The zero-order chi connectivity index (χ0) is 13.8. The van der Waals surface area contributed by atoms with Crippen molar-refractivity contribution in [3.8, 4) is 0 Å². The van der Waals surface area contributed by atoms with E-state index < -0.39 is 0 Å². The molecular weight excluding hydrogens is 274 g/mol. The molecular formula is C15H24ClN3O. The number of para-hydroxylation sites is 1. The van der Waals surface area contributed by atoms with Gasteiger partial charge >= 0.3 is 0 Å². The summed E-state index contributed by atoms with van der Waals surface area (Å²) in [6.07, 6.45) is 0. The van der Waals surface area contributed by atoms with E-state index >= 15 is 0 Å². The van der Waals surface area contributed by atoms with Crippen LogP contribution < -0.4 is 10.6 Å². The Morgan fingerprint density at radius 2 is 1.90 bits per heavy atom. The van der Waals surface area contributed by atoms with Crippen LogP contribution >= 0.6 is 12.4 Å². The van der Waals surface area contributed by atoms with Gasteiger partial charge in [0.25, 0.3) is 0 Å². The van der Waals surface area contributed by atoms with Crippen LogP contribution in [0.25, 0.3) is 0 Å². The monoisotopic (exact) mass is 297 g/mol. The van der Waals surface area contributed by atoms with Gasteiger partial charge in [0.1, 0.15) is 0 Å². The Hall–Kier alpha value is -1.10. The molecule has 0 saturated carbocycles. The maximum Gasteiger partial charge on any atom is 0.238 e. The minimum Gasteiger partial charge on any atom is -0.325 e. The normalized spacial score (nSPS) is 22.9. The van der Waals surface area contributed by atoms with Crippen molar-refractivity contribution >= 4 is 24.0 Å². The molecule has 0 radical (unpaired) electrons. The molecule has 0 spiro atoms. The lowest BCUT2D eigenvalue weighted by molar-refractivity contribution is -0.117. The van der Waals surface area contributed by atoms with E-state index in [-0.39, 0.29) is 18.3 Å². The average molecular weight is 298 g/mol. The molecule has 1 amide bonds. The third-order valence-electron chi connectivity index (χ3n) is 3.42. The quantitative estimate of drug-likeness (QED) is 0.897. The Kier molecular flexibility index (Phi) is 6.46. The van der Waals surface area contributed by atoms with E-state index in [0.29, 0.717) is 18.6 Å². The van der Waals surface area contributed by atoms with Gasteiger partial charge in [-0.15, -0.1) is 12.4 Å². The second-order valence-corrected chi connectivity index (χ2v) is 5.53. The molecule has 5 heteroatoms. The van der Waals surface area contributed by atoms with Crippen LogP contribution in [0.2, 0.25) is 0 Å². The van der Waals surface area contributed by atoms with Gasteiger partial charge in [0.2, 0.25) is 5.91 Å². The molecule has 2 N–H and O–H groups in total. The number of nitrogens with one attached hydrogen (secondary N) is 2. The molecule has 20 heavy (non-hydrogen) atoms. The number of anilines is 1. The van der Waals surface area contributed by atoms with Gasteiger partial charge in [0.15, 0.2) is 0 Å². The van der Waals surface area contributed by atoms with Crippen LogP contribution in [0.15, 0.2) is 24.3 Å². The van der Waals surface area contributed by atoms with Gasteiger partial charge in [-0.05, 0) is 32.4 Å². The predicted molar refractivity (Wildman–Crippen MR) is 85.6 cm³/mol. The Morgan fingerprint density at radius 3 is 2.50 bits per heavy atom.